The fourth-order valence-corrected chi connectivity index (χ4v) is 4.52. The van der Waals surface area contributed by atoms with Gasteiger partial charge in [-0.1, -0.05) is 54.1 Å². The predicted molar refractivity (Wildman–Crippen MR) is 135 cm³/mol. The van der Waals surface area contributed by atoms with Crippen molar-refractivity contribution in [1.29, 1.82) is 0 Å². The standard InChI is InChI=1S/C28H26ClNO5/c1-4-35-23-15-18(13-14-21(23)29)26(31)24-25(20-11-7-5-9-17(20)2)30(28(33)27(24)32)16-19-10-6-8-12-22(19)34-3/h5-15,25,31H,4,16H2,1-3H3/b26-24+. The molecule has 1 saturated heterocycles. The van der Waals surface area contributed by atoms with Crippen LogP contribution in [-0.2, 0) is 16.1 Å². The van der Waals surface area contributed by atoms with Crippen LogP contribution in [0.25, 0.3) is 5.76 Å². The van der Waals surface area contributed by atoms with Crippen molar-refractivity contribution in [3.05, 3.63) is 99.6 Å². The van der Waals surface area contributed by atoms with Crippen molar-refractivity contribution in [3.63, 3.8) is 0 Å². The molecule has 1 fully saturated rings. The summed E-state index contributed by atoms with van der Waals surface area (Å²) in [4.78, 5) is 28.1. The molecule has 0 bridgehead atoms. The predicted octanol–water partition coefficient (Wildman–Crippen LogP) is 5.68. The first-order valence-corrected chi connectivity index (χ1v) is 11.6. The Kier molecular flexibility index (Phi) is 7.12. The summed E-state index contributed by atoms with van der Waals surface area (Å²) < 4.78 is 11.0. The lowest BCUT2D eigenvalue weighted by atomic mass is 9.92. The molecule has 4 rings (SSSR count). The zero-order chi connectivity index (χ0) is 25.1. The van der Waals surface area contributed by atoms with E-state index in [-0.39, 0.29) is 17.9 Å². The zero-order valence-electron chi connectivity index (χ0n) is 19.7. The average Bonchev–Trinajstić information content (AvgIpc) is 3.10. The van der Waals surface area contributed by atoms with E-state index in [9.17, 15) is 14.7 Å². The highest BCUT2D eigenvalue weighted by Crippen LogP contribution is 2.42. The van der Waals surface area contributed by atoms with E-state index in [4.69, 9.17) is 21.1 Å². The molecule has 0 aromatic heterocycles. The Labute approximate surface area is 209 Å². The van der Waals surface area contributed by atoms with Crippen LogP contribution in [0.4, 0.5) is 0 Å². The van der Waals surface area contributed by atoms with Crippen molar-refractivity contribution < 1.29 is 24.2 Å². The molecule has 0 radical (unpaired) electrons. The number of aliphatic hydroxyl groups excluding tert-OH is 1. The van der Waals surface area contributed by atoms with Crippen LogP contribution < -0.4 is 9.47 Å². The minimum atomic E-state index is -0.785. The van der Waals surface area contributed by atoms with Gasteiger partial charge in [-0.2, -0.15) is 0 Å². The van der Waals surface area contributed by atoms with Gasteiger partial charge >= 0.3 is 0 Å². The molecule has 7 heteroatoms. The summed E-state index contributed by atoms with van der Waals surface area (Å²) in [5, 5.41) is 11.7. The summed E-state index contributed by atoms with van der Waals surface area (Å²) in [7, 11) is 1.56. The van der Waals surface area contributed by atoms with E-state index in [0.717, 1.165) is 16.7 Å². The van der Waals surface area contributed by atoms with Gasteiger partial charge in [0, 0.05) is 11.1 Å². The number of nitrogens with zero attached hydrogens (tertiary/aromatic N) is 1. The Bertz CT molecular complexity index is 1320. The zero-order valence-corrected chi connectivity index (χ0v) is 20.5. The maximum absolute atomic E-state index is 13.4. The number of carbonyl (C=O) groups excluding carboxylic acids is 2. The molecule has 0 spiro atoms. The van der Waals surface area contributed by atoms with Crippen molar-refractivity contribution in [2.45, 2.75) is 26.4 Å². The van der Waals surface area contributed by atoms with Gasteiger partial charge in [0.1, 0.15) is 17.3 Å². The number of aryl methyl sites for hydroxylation is 1. The quantitative estimate of drug-likeness (QED) is 0.261. The Morgan fingerprint density at radius 2 is 1.74 bits per heavy atom. The molecule has 1 unspecified atom stereocenters. The minimum absolute atomic E-state index is 0.0176. The molecule has 1 heterocycles. The molecule has 1 N–H and O–H groups in total. The van der Waals surface area contributed by atoms with E-state index in [1.807, 2.05) is 56.3 Å². The first kappa shape index (κ1) is 24.4. The normalized spacial score (nSPS) is 17.0. The number of hydrogen-bond donors (Lipinski definition) is 1. The largest absolute Gasteiger partial charge is 0.507 e. The van der Waals surface area contributed by atoms with E-state index < -0.39 is 17.7 Å². The number of Topliss-reactive ketones (excluding diaryl/α,β-unsaturated/α-hetero) is 1. The second-order valence-corrected chi connectivity index (χ2v) is 8.58. The number of likely N-dealkylation sites (tertiary alicyclic amines) is 1. The lowest BCUT2D eigenvalue weighted by Crippen LogP contribution is -2.29. The van der Waals surface area contributed by atoms with Gasteiger partial charge in [-0.3, -0.25) is 9.59 Å². The van der Waals surface area contributed by atoms with Crippen LogP contribution in [-0.4, -0.2) is 35.4 Å². The second kappa shape index (κ2) is 10.2. The maximum Gasteiger partial charge on any atom is 0.295 e. The van der Waals surface area contributed by atoms with E-state index in [2.05, 4.69) is 0 Å². The smallest absolute Gasteiger partial charge is 0.295 e. The molecule has 180 valence electrons. The number of ketones is 1. The van der Waals surface area contributed by atoms with Crippen molar-refractivity contribution in [3.8, 4) is 11.5 Å². The summed E-state index contributed by atoms with van der Waals surface area (Å²) in [6.07, 6.45) is 0. The summed E-state index contributed by atoms with van der Waals surface area (Å²) in [6, 6.07) is 18.8. The van der Waals surface area contributed by atoms with Crippen LogP contribution in [0.1, 0.15) is 35.2 Å². The Balaban J connectivity index is 1.89. The minimum Gasteiger partial charge on any atom is -0.507 e. The Hall–Kier alpha value is -3.77. The summed E-state index contributed by atoms with van der Waals surface area (Å²) >= 11 is 6.21. The number of ether oxygens (including phenoxy) is 2. The summed E-state index contributed by atoms with van der Waals surface area (Å²) in [6.45, 7) is 4.25. The first-order chi connectivity index (χ1) is 16.9. The number of para-hydroxylation sites is 1. The molecular formula is C28H26ClNO5. The molecule has 35 heavy (non-hydrogen) atoms. The van der Waals surface area contributed by atoms with Gasteiger partial charge in [-0.25, -0.2) is 0 Å². The van der Waals surface area contributed by atoms with Crippen LogP contribution in [0, 0.1) is 6.92 Å². The van der Waals surface area contributed by atoms with E-state index in [1.54, 1.807) is 31.4 Å². The fraction of sp³-hybridized carbons (Fsp3) is 0.214. The van der Waals surface area contributed by atoms with Crippen molar-refractivity contribution in [1.82, 2.24) is 4.90 Å². The van der Waals surface area contributed by atoms with Gasteiger partial charge in [-0.15, -0.1) is 0 Å². The molecule has 0 saturated carbocycles. The molecular weight excluding hydrogens is 466 g/mol. The van der Waals surface area contributed by atoms with Crippen LogP contribution in [0.2, 0.25) is 5.02 Å². The van der Waals surface area contributed by atoms with Gasteiger partial charge in [0.25, 0.3) is 11.7 Å². The lowest BCUT2D eigenvalue weighted by Gasteiger charge is -2.27. The summed E-state index contributed by atoms with van der Waals surface area (Å²) in [5.41, 5.74) is 2.75. The number of amides is 1. The van der Waals surface area contributed by atoms with Crippen molar-refractivity contribution in [2.75, 3.05) is 13.7 Å². The fourth-order valence-electron chi connectivity index (χ4n) is 4.35. The number of methoxy groups -OCH3 is 1. The van der Waals surface area contributed by atoms with Gasteiger partial charge in [0.15, 0.2) is 0 Å². The second-order valence-electron chi connectivity index (χ2n) is 8.17. The third-order valence-corrected chi connectivity index (χ3v) is 6.37. The third-order valence-electron chi connectivity index (χ3n) is 6.06. The van der Waals surface area contributed by atoms with Crippen LogP contribution in [0.3, 0.4) is 0 Å². The van der Waals surface area contributed by atoms with Crippen LogP contribution >= 0.6 is 11.6 Å². The SMILES string of the molecule is CCOc1cc(/C(O)=C2\C(=O)C(=O)N(Cc3ccccc3OC)C2c2ccccc2C)ccc1Cl. The van der Waals surface area contributed by atoms with Gasteiger partial charge in [0.05, 0.1) is 36.9 Å². The van der Waals surface area contributed by atoms with Crippen molar-refractivity contribution in [2.24, 2.45) is 0 Å². The number of benzene rings is 3. The highest BCUT2D eigenvalue weighted by Gasteiger charge is 2.46. The lowest BCUT2D eigenvalue weighted by molar-refractivity contribution is -0.140. The molecule has 6 nitrogen and oxygen atoms in total. The van der Waals surface area contributed by atoms with Crippen LogP contribution in [0.15, 0.2) is 72.3 Å². The molecule has 1 atom stereocenters. The molecule has 1 aliphatic rings. The van der Waals surface area contributed by atoms with Gasteiger partial charge < -0.3 is 19.5 Å². The number of halogens is 1. The van der Waals surface area contributed by atoms with Crippen molar-refractivity contribution >= 4 is 29.1 Å². The topological polar surface area (TPSA) is 76.1 Å². The van der Waals surface area contributed by atoms with E-state index >= 15 is 0 Å². The molecule has 3 aromatic rings. The first-order valence-electron chi connectivity index (χ1n) is 11.3. The number of rotatable bonds is 7. The Morgan fingerprint density at radius 3 is 2.46 bits per heavy atom. The average molecular weight is 492 g/mol. The van der Waals surface area contributed by atoms with E-state index in [1.165, 1.54) is 4.90 Å². The van der Waals surface area contributed by atoms with E-state index in [0.29, 0.717) is 28.7 Å². The highest BCUT2D eigenvalue weighted by molar-refractivity contribution is 6.46. The number of hydrogen-bond acceptors (Lipinski definition) is 5. The van der Waals surface area contributed by atoms with Crippen LogP contribution in [0.5, 0.6) is 11.5 Å². The highest BCUT2D eigenvalue weighted by atomic mass is 35.5. The molecule has 0 aliphatic carbocycles. The number of aliphatic hydroxyl groups is 1. The van der Waals surface area contributed by atoms with Gasteiger partial charge in [0.2, 0.25) is 0 Å². The molecule has 1 aliphatic heterocycles. The third kappa shape index (κ3) is 4.62. The monoisotopic (exact) mass is 491 g/mol. The van der Waals surface area contributed by atoms with Gasteiger partial charge in [-0.05, 0) is 49.2 Å². The molecule has 1 amide bonds. The maximum atomic E-state index is 13.4. The molecule has 3 aromatic carbocycles. The Morgan fingerprint density at radius 1 is 1.03 bits per heavy atom. The summed E-state index contributed by atoms with van der Waals surface area (Å²) in [5.74, 6) is -0.731. The number of carbonyl (C=O) groups is 2.